The van der Waals surface area contributed by atoms with E-state index in [9.17, 15) is 10.1 Å². The van der Waals surface area contributed by atoms with Gasteiger partial charge in [-0.05, 0) is 12.5 Å². The van der Waals surface area contributed by atoms with Gasteiger partial charge in [0.15, 0.2) is 0 Å². The molecule has 0 saturated carbocycles. The van der Waals surface area contributed by atoms with E-state index in [1.807, 2.05) is 61.5 Å². The van der Waals surface area contributed by atoms with Gasteiger partial charge in [0.2, 0.25) is 0 Å². The number of fused-ring (bicyclic) bond motifs is 1. The van der Waals surface area contributed by atoms with Crippen LogP contribution < -0.4 is 0 Å². The number of aromatic nitrogens is 2. The van der Waals surface area contributed by atoms with Crippen LogP contribution in [0.25, 0.3) is 22.0 Å². The van der Waals surface area contributed by atoms with E-state index in [4.69, 9.17) is 0 Å². The van der Waals surface area contributed by atoms with Gasteiger partial charge in [-0.25, -0.2) is 0 Å². The molecule has 0 radical (unpaired) electrons. The molecule has 3 aromatic carbocycles. The normalized spacial score (nSPS) is 12.0. The van der Waals surface area contributed by atoms with Crippen LogP contribution in [0.1, 0.15) is 17.7 Å². The maximum absolute atomic E-state index is 11.1. The third-order valence-corrected chi connectivity index (χ3v) is 5.69. The van der Waals surface area contributed by atoms with Crippen LogP contribution in [0.2, 0.25) is 0 Å². The molecule has 5 nitrogen and oxygen atoms in total. The van der Waals surface area contributed by atoms with Gasteiger partial charge in [-0.15, -0.1) is 10.2 Å². The lowest BCUT2D eigenvalue weighted by Crippen LogP contribution is -1.96. The molecule has 28 heavy (non-hydrogen) atoms. The molecular weight excluding hydrogens is 370 g/mol. The molecule has 0 spiro atoms. The molecule has 0 fully saturated rings. The zero-order valence-corrected chi connectivity index (χ0v) is 16.0. The molecule has 0 amide bonds. The summed E-state index contributed by atoms with van der Waals surface area (Å²) in [5, 5.41) is 22.9. The number of hydrogen-bond acceptors (Lipinski definition) is 5. The maximum atomic E-state index is 11.1. The van der Waals surface area contributed by atoms with Crippen LogP contribution in [0.15, 0.2) is 83.9 Å². The number of benzene rings is 3. The van der Waals surface area contributed by atoms with Crippen molar-refractivity contribution in [3.63, 3.8) is 0 Å². The van der Waals surface area contributed by atoms with Crippen molar-refractivity contribution in [3.05, 3.63) is 94.5 Å². The van der Waals surface area contributed by atoms with Crippen LogP contribution in [0, 0.1) is 10.1 Å². The molecule has 0 aliphatic carbocycles. The summed E-state index contributed by atoms with van der Waals surface area (Å²) in [4.78, 5) is 10.7. The SMILES string of the molecule is CC(Sc1nnc(-c2ccccc2)c2ccccc12)c1cccc([N+](=O)[O-])c1. The van der Waals surface area contributed by atoms with Gasteiger partial charge in [-0.2, -0.15) is 0 Å². The van der Waals surface area contributed by atoms with Crippen molar-refractivity contribution in [2.45, 2.75) is 17.2 Å². The Hall–Kier alpha value is -3.25. The molecule has 4 aromatic rings. The number of non-ortho nitro benzene ring substituents is 1. The molecule has 1 atom stereocenters. The third-order valence-electron chi connectivity index (χ3n) is 4.54. The molecule has 0 bridgehead atoms. The Kier molecular flexibility index (Phi) is 5.04. The van der Waals surface area contributed by atoms with E-state index in [0.717, 1.165) is 32.6 Å². The van der Waals surface area contributed by atoms with E-state index in [1.165, 1.54) is 6.07 Å². The highest BCUT2D eigenvalue weighted by Crippen LogP contribution is 2.39. The molecule has 1 aromatic heterocycles. The monoisotopic (exact) mass is 387 g/mol. The minimum absolute atomic E-state index is 0.000168. The highest BCUT2D eigenvalue weighted by molar-refractivity contribution is 7.99. The van der Waals surface area contributed by atoms with Crippen molar-refractivity contribution in [3.8, 4) is 11.3 Å². The number of hydrogen-bond donors (Lipinski definition) is 0. The van der Waals surface area contributed by atoms with Crippen molar-refractivity contribution in [2.24, 2.45) is 0 Å². The van der Waals surface area contributed by atoms with Gasteiger partial charge in [0.1, 0.15) is 10.7 Å². The summed E-state index contributed by atoms with van der Waals surface area (Å²) in [5.74, 6) is 0. The first-order valence-electron chi connectivity index (χ1n) is 8.85. The number of rotatable bonds is 5. The summed E-state index contributed by atoms with van der Waals surface area (Å²) in [6.45, 7) is 2.02. The van der Waals surface area contributed by atoms with Gasteiger partial charge in [0, 0.05) is 33.7 Å². The Morgan fingerprint density at radius 2 is 1.61 bits per heavy atom. The van der Waals surface area contributed by atoms with Crippen LogP contribution >= 0.6 is 11.8 Å². The predicted octanol–water partition coefficient (Wildman–Crippen LogP) is 6.06. The summed E-state index contributed by atoms with van der Waals surface area (Å²) in [6, 6.07) is 24.8. The van der Waals surface area contributed by atoms with Crippen molar-refractivity contribution in [1.82, 2.24) is 10.2 Å². The molecule has 1 heterocycles. The lowest BCUT2D eigenvalue weighted by Gasteiger charge is -2.13. The maximum Gasteiger partial charge on any atom is 0.269 e. The average Bonchev–Trinajstić information content (AvgIpc) is 2.74. The van der Waals surface area contributed by atoms with Crippen LogP contribution in [-0.2, 0) is 0 Å². The molecule has 1 unspecified atom stereocenters. The number of nitro groups is 1. The minimum Gasteiger partial charge on any atom is -0.258 e. The van der Waals surface area contributed by atoms with E-state index in [-0.39, 0.29) is 15.9 Å². The lowest BCUT2D eigenvalue weighted by molar-refractivity contribution is -0.384. The zero-order chi connectivity index (χ0) is 19.5. The predicted molar refractivity (Wildman–Crippen MR) is 112 cm³/mol. The number of nitro benzene ring substituents is 1. The summed E-state index contributed by atoms with van der Waals surface area (Å²) in [6.07, 6.45) is 0. The van der Waals surface area contributed by atoms with Crippen molar-refractivity contribution in [1.29, 1.82) is 0 Å². The number of nitrogens with zero attached hydrogens (tertiary/aromatic N) is 3. The standard InChI is InChI=1S/C22H17N3O2S/c1-15(17-10-7-11-18(14-17)25(26)27)28-22-20-13-6-5-12-19(20)21(23-24-22)16-8-3-2-4-9-16/h2-15H,1H3. The molecule has 0 saturated heterocycles. The second-order valence-corrected chi connectivity index (χ2v) is 7.71. The second kappa shape index (κ2) is 7.78. The van der Waals surface area contributed by atoms with Crippen LogP contribution in [0.3, 0.4) is 0 Å². The Balaban J connectivity index is 1.72. The minimum atomic E-state index is -0.370. The summed E-state index contributed by atoms with van der Waals surface area (Å²) in [5.41, 5.74) is 2.86. The molecule has 0 N–H and O–H groups in total. The molecular formula is C22H17N3O2S. The summed E-state index contributed by atoms with van der Waals surface area (Å²) >= 11 is 1.55. The number of thioether (sulfide) groups is 1. The van der Waals surface area contributed by atoms with Crippen LogP contribution in [0.5, 0.6) is 0 Å². The van der Waals surface area contributed by atoms with E-state index in [2.05, 4.69) is 16.3 Å². The molecule has 0 aliphatic rings. The smallest absolute Gasteiger partial charge is 0.258 e. The Bertz CT molecular complexity index is 1150. The molecule has 138 valence electrons. The van der Waals surface area contributed by atoms with E-state index < -0.39 is 0 Å². The summed E-state index contributed by atoms with van der Waals surface area (Å²) < 4.78 is 0. The average molecular weight is 387 g/mol. The van der Waals surface area contributed by atoms with Crippen LogP contribution in [-0.4, -0.2) is 15.1 Å². The molecule has 6 heteroatoms. The fourth-order valence-corrected chi connectivity index (χ4v) is 4.11. The lowest BCUT2D eigenvalue weighted by atomic mass is 10.1. The van der Waals surface area contributed by atoms with E-state index in [0.29, 0.717) is 0 Å². The Labute approximate surface area is 166 Å². The third kappa shape index (κ3) is 3.59. The molecule has 0 aliphatic heterocycles. The largest absolute Gasteiger partial charge is 0.269 e. The first kappa shape index (κ1) is 18.1. The fourth-order valence-electron chi connectivity index (χ4n) is 3.10. The highest BCUT2D eigenvalue weighted by atomic mass is 32.2. The zero-order valence-electron chi connectivity index (χ0n) is 15.1. The van der Waals surface area contributed by atoms with Gasteiger partial charge in [-0.3, -0.25) is 10.1 Å². The van der Waals surface area contributed by atoms with Crippen molar-refractivity contribution >= 4 is 28.2 Å². The quantitative estimate of drug-likeness (QED) is 0.236. The van der Waals surface area contributed by atoms with Gasteiger partial charge in [0.05, 0.1) is 4.92 Å². The first-order valence-corrected chi connectivity index (χ1v) is 9.73. The van der Waals surface area contributed by atoms with Gasteiger partial charge in [0.25, 0.3) is 5.69 Å². The van der Waals surface area contributed by atoms with E-state index >= 15 is 0 Å². The topological polar surface area (TPSA) is 68.9 Å². The first-order chi connectivity index (χ1) is 13.6. The van der Waals surface area contributed by atoms with Crippen molar-refractivity contribution < 1.29 is 4.92 Å². The van der Waals surface area contributed by atoms with Gasteiger partial charge >= 0.3 is 0 Å². The van der Waals surface area contributed by atoms with Crippen LogP contribution in [0.4, 0.5) is 5.69 Å². The van der Waals surface area contributed by atoms with E-state index in [1.54, 1.807) is 23.9 Å². The highest BCUT2D eigenvalue weighted by Gasteiger charge is 2.16. The Morgan fingerprint density at radius 1 is 0.893 bits per heavy atom. The van der Waals surface area contributed by atoms with Gasteiger partial charge in [-0.1, -0.05) is 78.5 Å². The summed E-state index contributed by atoms with van der Waals surface area (Å²) in [7, 11) is 0. The Morgan fingerprint density at radius 3 is 2.36 bits per heavy atom. The van der Waals surface area contributed by atoms with Crippen molar-refractivity contribution in [2.75, 3.05) is 0 Å². The van der Waals surface area contributed by atoms with Gasteiger partial charge < -0.3 is 0 Å². The fraction of sp³-hybridized carbons (Fsp3) is 0.0909. The molecule has 4 rings (SSSR count). The second-order valence-electron chi connectivity index (χ2n) is 6.38.